The minimum Gasteiger partial charge on any atom is -0.389 e. The summed E-state index contributed by atoms with van der Waals surface area (Å²) in [5.41, 5.74) is 0.531. The van der Waals surface area contributed by atoms with E-state index in [0.29, 0.717) is 18.7 Å². The van der Waals surface area contributed by atoms with E-state index >= 15 is 0 Å². The summed E-state index contributed by atoms with van der Waals surface area (Å²) in [6, 6.07) is 5.88. The zero-order valence-corrected chi connectivity index (χ0v) is 10.7. The monoisotopic (exact) mass is 257 g/mol. The van der Waals surface area contributed by atoms with Crippen LogP contribution in [0.2, 0.25) is 0 Å². The van der Waals surface area contributed by atoms with Crippen LogP contribution in [0.5, 0.6) is 0 Å². The first-order chi connectivity index (χ1) is 8.52. The number of methoxy groups -OCH3 is 1. The normalized spacial score (nSPS) is 14.8. The van der Waals surface area contributed by atoms with Crippen LogP contribution < -0.4 is 0 Å². The molecule has 0 saturated heterocycles. The maximum absolute atomic E-state index is 13.0. The molecule has 0 aromatic heterocycles. The fourth-order valence-corrected chi connectivity index (χ4v) is 1.79. The molecular formula is C13H20FNO3. The molecule has 4 nitrogen and oxygen atoms in total. The van der Waals surface area contributed by atoms with Gasteiger partial charge in [0.05, 0.1) is 18.8 Å². The van der Waals surface area contributed by atoms with Crippen molar-refractivity contribution < 1.29 is 19.3 Å². The van der Waals surface area contributed by atoms with Crippen molar-refractivity contribution in [2.24, 2.45) is 0 Å². The predicted octanol–water partition coefficient (Wildman–Crippen LogP) is 0.798. The third kappa shape index (κ3) is 5.10. The molecule has 0 heterocycles. The second kappa shape index (κ2) is 7.43. The van der Waals surface area contributed by atoms with Gasteiger partial charge in [-0.1, -0.05) is 12.1 Å². The van der Waals surface area contributed by atoms with Gasteiger partial charge in [0, 0.05) is 20.2 Å². The van der Waals surface area contributed by atoms with Gasteiger partial charge in [0.15, 0.2) is 0 Å². The smallest absolute Gasteiger partial charge is 0.123 e. The van der Waals surface area contributed by atoms with Crippen LogP contribution in [0.15, 0.2) is 24.3 Å². The van der Waals surface area contributed by atoms with E-state index in [2.05, 4.69) is 0 Å². The van der Waals surface area contributed by atoms with Crippen molar-refractivity contribution in [2.45, 2.75) is 12.2 Å². The molecule has 0 fully saturated rings. The molecule has 102 valence electrons. The summed E-state index contributed by atoms with van der Waals surface area (Å²) in [6.07, 6.45) is -1.37. The Balaban J connectivity index is 2.46. The standard InChI is InChI=1S/C13H20FNO3/c1-15(7-12(16)9-18-2)8-13(17)10-4-3-5-11(14)6-10/h3-6,12-13,16-17H,7-9H2,1-2H3/t12-,13+/m1/s1. The molecule has 0 bridgehead atoms. The molecule has 2 atom stereocenters. The number of nitrogens with zero attached hydrogens (tertiary/aromatic N) is 1. The highest BCUT2D eigenvalue weighted by atomic mass is 19.1. The first-order valence-electron chi connectivity index (χ1n) is 5.82. The first-order valence-corrected chi connectivity index (χ1v) is 5.82. The van der Waals surface area contributed by atoms with Crippen LogP contribution in [-0.4, -0.2) is 55.1 Å². The molecular weight excluding hydrogens is 237 g/mol. The molecule has 1 rings (SSSR count). The van der Waals surface area contributed by atoms with Crippen molar-refractivity contribution in [3.8, 4) is 0 Å². The summed E-state index contributed by atoms with van der Waals surface area (Å²) in [7, 11) is 3.30. The van der Waals surface area contributed by atoms with Gasteiger partial charge in [0.25, 0.3) is 0 Å². The van der Waals surface area contributed by atoms with E-state index in [1.54, 1.807) is 24.1 Å². The van der Waals surface area contributed by atoms with Gasteiger partial charge < -0.3 is 19.8 Å². The Morgan fingerprint density at radius 3 is 2.67 bits per heavy atom. The second-order valence-corrected chi connectivity index (χ2v) is 4.40. The Morgan fingerprint density at radius 2 is 2.06 bits per heavy atom. The third-order valence-electron chi connectivity index (χ3n) is 2.60. The number of rotatable bonds is 7. The average molecular weight is 257 g/mol. The largest absolute Gasteiger partial charge is 0.389 e. The lowest BCUT2D eigenvalue weighted by atomic mass is 10.1. The van der Waals surface area contributed by atoms with Crippen molar-refractivity contribution >= 4 is 0 Å². The first kappa shape index (κ1) is 15.0. The highest BCUT2D eigenvalue weighted by molar-refractivity contribution is 5.18. The number of hydrogen-bond acceptors (Lipinski definition) is 4. The van der Waals surface area contributed by atoms with Crippen molar-refractivity contribution in [1.82, 2.24) is 4.90 Å². The summed E-state index contributed by atoms with van der Waals surface area (Å²) in [6.45, 7) is 0.963. The summed E-state index contributed by atoms with van der Waals surface area (Å²) < 4.78 is 17.8. The van der Waals surface area contributed by atoms with Crippen LogP contribution in [-0.2, 0) is 4.74 Å². The van der Waals surface area contributed by atoms with E-state index in [1.807, 2.05) is 0 Å². The Hall–Kier alpha value is -1.01. The van der Waals surface area contributed by atoms with E-state index in [-0.39, 0.29) is 12.4 Å². The summed E-state index contributed by atoms with van der Waals surface area (Å²) in [4.78, 5) is 1.78. The van der Waals surface area contributed by atoms with E-state index in [9.17, 15) is 14.6 Å². The molecule has 1 aromatic rings. The van der Waals surface area contributed by atoms with Gasteiger partial charge in [0.1, 0.15) is 5.82 Å². The van der Waals surface area contributed by atoms with Gasteiger partial charge in [-0.15, -0.1) is 0 Å². The quantitative estimate of drug-likeness (QED) is 0.758. The molecule has 0 aliphatic carbocycles. The number of hydrogen-bond donors (Lipinski definition) is 2. The van der Waals surface area contributed by atoms with Gasteiger partial charge in [-0.05, 0) is 24.7 Å². The molecule has 0 saturated carbocycles. The zero-order valence-electron chi connectivity index (χ0n) is 10.7. The second-order valence-electron chi connectivity index (χ2n) is 4.40. The highest BCUT2D eigenvalue weighted by Crippen LogP contribution is 2.14. The number of likely N-dealkylation sites (N-methyl/N-ethyl adjacent to an activating group) is 1. The Kier molecular flexibility index (Phi) is 6.21. The van der Waals surface area contributed by atoms with Gasteiger partial charge in [-0.3, -0.25) is 0 Å². The van der Waals surface area contributed by atoms with Crippen LogP contribution in [0.3, 0.4) is 0 Å². The van der Waals surface area contributed by atoms with Crippen molar-refractivity contribution in [2.75, 3.05) is 33.9 Å². The van der Waals surface area contributed by atoms with Crippen LogP contribution >= 0.6 is 0 Å². The SMILES string of the molecule is COC[C@H](O)CN(C)C[C@H](O)c1cccc(F)c1. The fraction of sp³-hybridized carbons (Fsp3) is 0.538. The topological polar surface area (TPSA) is 52.9 Å². The fourth-order valence-electron chi connectivity index (χ4n) is 1.79. The Morgan fingerprint density at radius 1 is 1.33 bits per heavy atom. The Labute approximate surface area is 107 Å². The maximum atomic E-state index is 13.0. The number of aliphatic hydroxyl groups is 2. The van der Waals surface area contributed by atoms with E-state index in [4.69, 9.17) is 4.74 Å². The summed E-state index contributed by atoms with van der Waals surface area (Å²) >= 11 is 0. The Bertz CT molecular complexity index is 362. The average Bonchev–Trinajstić information content (AvgIpc) is 2.28. The summed E-state index contributed by atoms with van der Waals surface area (Å²) in [5, 5.41) is 19.5. The van der Waals surface area contributed by atoms with Gasteiger partial charge in [0.2, 0.25) is 0 Å². The maximum Gasteiger partial charge on any atom is 0.123 e. The molecule has 1 aromatic carbocycles. The molecule has 0 unspecified atom stereocenters. The predicted molar refractivity (Wildman–Crippen MR) is 66.7 cm³/mol. The third-order valence-corrected chi connectivity index (χ3v) is 2.60. The zero-order chi connectivity index (χ0) is 13.5. The van der Waals surface area contributed by atoms with E-state index in [0.717, 1.165) is 0 Å². The lowest BCUT2D eigenvalue weighted by Crippen LogP contribution is -2.34. The minimum atomic E-state index is -0.777. The number of benzene rings is 1. The van der Waals surface area contributed by atoms with E-state index < -0.39 is 12.2 Å². The molecule has 18 heavy (non-hydrogen) atoms. The molecule has 2 N–H and O–H groups in total. The van der Waals surface area contributed by atoms with Crippen LogP contribution in [0.1, 0.15) is 11.7 Å². The van der Waals surface area contributed by atoms with Gasteiger partial charge in [-0.2, -0.15) is 0 Å². The van der Waals surface area contributed by atoms with Crippen LogP contribution in [0, 0.1) is 5.82 Å². The molecule has 0 aliphatic heterocycles. The number of aliphatic hydroxyl groups excluding tert-OH is 2. The number of halogens is 1. The molecule has 0 amide bonds. The van der Waals surface area contributed by atoms with Crippen molar-refractivity contribution in [3.63, 3.8) is 0 Å². The molecule has 0 aliphatic rings. The lowest BCUT2D eigenvalue weighted by Gasteiger charge is -2.23. The van der Waals surface area contributed by atoms with Crippen LogP contribution in [0.4, 0.5) is 4.39 Å². The molecule has 0 spiro atoms. The van der Waals surface area contributed by atoms with Gasteiger partial charge >= 0.3 is 0 Å². The number of ether oxygens (including phenoxy) is 1. The summed E-state index contributed by atoms with van der Waals surface area (Å²) in [5.74, 6) is -0.367. The van der Waals surface area contributed by atoms with Crippen molar-refractivity contribution in [3.05, 3.63) is 35.6 Å². The highest BCUT2D eigenvalue weighted by Gasteiger charge is 2.14. The minimum absolute atomic E-state index is 0.250. The molecule has 5 heteroatoms. The molecule has 0 radical (unpaired) electrons. The van der Waals surface area contributed by atoms with Crippen LogP contribution in [0.25, 0.3) is 0 Å². The van der Waals surface area contributed by atoms with E-state index in [1.165, 1.54) is 19.2 Å². The van der Waals surface area contributed by atoms with Crippen molar-refractivity contribution in [1.29, 1.82) is 0 Å². The van der Waals surface area contributed by atoms with Gasteiger partial charge in [-0.25, -0.2) is 4.39 Å². The lowest BCUT2D eigenvalue weighted by molar-refractivity contribution is 0.0318.